The van der Waals surface area contributed by atoms with Crippen molar-refractivity contribution in [3.05, 3.63) is 65.5 Å². The average Bonchev–Trinajstić information content (AvgIpc) is 2.67. The zero-order valence-electron chi connectivity index (χ0n) is 14.9. The summed E-state index contributed by atoms with van der Waals surface area (Å²) in [6.45, 7) is 0.920. The Balaban J connectivity index is 1.72. The average molecular weight is 358 g/mol. The third kappa shape index (κ3) is 6.43. The predicted molar refractivity (Wildman–Crippen MR) is 99.4 cm³/mol. The molecule has 0 atom stereocenters. The highest BCUT2D eigenvalue weighted by Gasteiger charge is 2.04. The molecule has 0 unspecified atom stereocenters. The van der Waals surface area contributed by atoms with Crippen molar-refractivity contribution in [2.24, 2.45) is 4.99 Å². The van der Waals surface area contributed by atoms with Gasteiger partial charge in [0.05, 0.1) is 13.7 Å². The van der Waals surface area contributed by atoms with E-state index in [1.54, 1.807) is 20.2 Å². The largest absolute Gasteiger partial charge is 0.497 e. The Morgan fingerprint density at radius 2 is 1.77 bits per heavy atom. The number of benzene rings is 2. The number of methoxy groups -OCH3 is 1. The van der Waals surface area contributed by atoms with E-state index in [1.807, 2.05) is 30.3 Å². The lowest BCUT2D eigenvalue weighted by Crippen LogP contribution is -2.42. The second-order valence-electron chi connectivity index (χ2n) is 5.53. The maximum Gasteiger partial charge on any atom is 0.239 e. The van der Waals surface area contributed by atoms with Crippen LogP contribution >= 0.6 is 0 Å². The fourth-order valence-electron chi connectivity index (χ4n) is 2.22. The van der Waals surface area contributed by atoms with E-state index in [0.717, 1.165) is 16.9 Å². The third-order valence-corrected chi connectivity index (χ3v) is 3.64. The zero-order valence-corrected chi connectivity index (χ0v) is 14.9. The minimum Gasteiger partial charge on any atom is -0.497 e. The normalized spacial score (nSPS) is 11.0. The summed E-state index contributed by atoms with van der Waals surface area (Å²) in [7, 11) is 3.22. The molecule has 3 N–H and O–H groups in total. The molecule has 0 saturated heterocycles. The number of carbonyl (C=O) groups is 1. The van der Waals surface area contributed by atoms with Crippen LogP contribution < -0.4 is 20.7 Å². The fourth-order valence-corrected chi connectivity index (χ4v) is 2.22. The van der Waals surface area contributed by atoms with E-state index in [1.165, 1.54) is 12.1 Å². The predicted octanol–water partition coefficient (Wildman–Crippen LogP) is 1.82. The summed E-state index contributed by atoms with van der Waals surface area (Å²) in [4.78, 5) is 16.0. The van der Waals surface area contributed by atoms with Crippen molar-refractivity contribution < 1.29 is 13.9 Å². The number of rotatable bonds is 7. The SMILES string of the molecule is CN=C(NCC(=O)NCc1ccc(OC)cc1)NCc1cccc(F)c1. The molecule has 6 nitrogen and oxygen atoms in total. The van der Waals surface area contributed by atoms with Crippen molar-refractivity contribution >= 4 is 11.9 Å². The van der Waals surface area contributed by atoms with E-state index >= 15 is 0 Å². The number of carbonyl (C=O) groups excluding carboxylic acids is 1. The first-order chi connectivity index (χ1) is 12.6. The highest BCUT2D eigenvalue weighted by atomic mass is 19.1. The van der Waals surface area contributed by atoms with Crippen LogP contribution in [0.2, 0.25) is 0 Å². The van der Waals surface area contributed by atoms with Crippen LogP contribution in [0, 0.1) is 5.82 Å². The van der Waals surface area contributed by atoms with Gasteiger partial charge in [-0.1, -0.05) is 24.3 Å². The molecule has 138 valence electrons. The molecule has 0 fully saturated rings. The van der Waals surface area contributed by atoms with Gasteiger partial charge in [-0.25, -0.2) is 4.39 Å². The van der Waals surface area contributed by atoms with Crippen LogP contribution in [0.1, 0.15) is 11.1 Å². The Hall–Kier alpha value is -3.09. The summed E-state index contributed by atoms with van der Waals surface area (Å²) in [5, 5.41) is 8.78. The van der Waals surface area contributed by atoms with E-state index < -0.39 is 0 Å². The van der Waals surface area contributed by atoms with Gasteiger partial charge in [0, 0.05) is 20.1 Å². The molecule has 0 aromatic heterocycles. The van der Waals surface area contributed by atoms with Crippen LogP contribution in [0.5, 0.6) is 5.75 Å². The van der Waals surface area contributed by atoms with Gasteiger partial charge in [0.15, 0.2) is 5.96 Å². The number of guanidine groups is 1. The van der Waals surface area contributed by atoms with Gasteiger partial charge in [0.2, 0.25) is 5.91 Å². The smallest absolute Gasteiger partial charge is 0.239 e. The number of hydrogen-bond acceptors (Lipinski definition) is 3. The summed E-state index contributed by atoms with van der Waals surface area (Å²) in [6.07, 6.45) is 0. The molecule has 7 heteroatoms. The number of ether oxygens (including phenoxy) is 1. The number of nitrogens with one attached hydrogen (secondary N) is 3. The maximum atomic E-state index is 13.2. The summed E-state index contributed by atoms with van der Waals surface area (Å²) >= 11 is 0. The highest BCUT2D eigenvalue weighted by molar-refractivity contribution is 5.86. The number of halogens is 1. The standard InChI is InChI=1S/C19H23FN4O2/c1-21-19(23-12-15-4-3-5-16(20)10-15)24-13-18(25)22-11-14-6-8-17(26-2)9-7-14/h3-10H,11-13H2,1-2H3,(H,22,25)(H2,21,23,24). The Bertz CT molecular complexity index is 747. The topological polar surface area (TPSA) is 74.8 Å². The second kappa shape index (κ2) is 10.0. The van der Waals surface area contributed by atoms with Crippen LogP contribution in [0.15, 0.2) is 53.5 Å². The van der Waals surface area contributed by atoms with E-state index in [2.05, 4.69) is 20.9 Å². The molecule has 2 aromatic carbocycles. The monoisotopic (exact) mass is 358 g/mol. The number of nitrogens with zero attached hydrogens (tertiary/aromatic N) is 1. The van der Waals surface area contributed by atoms with Crippen LogP contribution in [0.25, 0.3) is 0 Å². The van der Waals surface area contributed by atoms with Gasteiger partial charge in [-0.15, -0.1) is 0 Å². The Morgan fingerprint density at radius 1 is 1.04 bits per heavy atom. The van der Waals surface area contributed by atoms with Crippen molar-refractivity contribution in [3.63, 3.8) is 0 Å². The van der Waals surface area contributed by atoms with Gasteiger partial charge < -0.3 is 20.7 Å². The van der Waals surface area contributed by atoms with Crippen molar-refractivity contribution in [1.82, 2.24) is 16.0 Å². The van der Waals surface area contributed by atoms with E-state index in [0.29, 0.717) is 19.0 Å². The van der Waals surface area contributed by atoms with Crippen LogP contribution in [0.3, 0.4) is 0 Å². The fraction of sp³-hybridized carbons (Fsp3) is 0.263. The summed E-state index contributed by atoms with van der Waals surface area (Å²) in [6, 6.07) is 13.8. The van der Waals surface area contributed by atoms with Crippen LogP contribution in [-0.2, 0) is 17.9 Å². The lowest BCUT2D eigenvalue weighted by atomic mass is 10.2. The van der Waals surface area contributed by atoms with Crippen LogP contribution in [-0.4, -0.2) is 32.6 Å². The molecule has 0 saturated carbocycles. The van der Waals surface area contributed by atoms with Gasteiger partial charge in [-0.2, -0.15) is 0 Å². The molecule has 0 radical (unpaired) electrons. The molecule has 0 aliphatic rings. The first kappa shape index (κ1) is 19.2. The Kier molecular flexibility index (Phi) is 7.42. The first-order valence-electron chi connectivity index (χ1n) is 8.19. The van der Waals surface area contributed by atoms with E-state index in [9.17, 15) is 9.18 Å². The van der Waals surface area contributed by atoms with Gasteiger partial charge in [0.25, 0.3) is 0 Å². The summed E-state index contributed by atoms with van der Waals surface area (Å²) in [5.74, 6) is 0.795. The van der Waals surface area contributed by atoms with Gasteiger partial charge >= 0.3 is 0 Å². The second-order valence-corrected chi connectivity index (χ2v) is 5.53. The molecule has 2 rings (SSSR count). The lowest BCUT2D eigenvalue weighted by Gasteiger charge is -2.12. The molecule has 0 aliphatic heterocycles. The molecule has 26 heavy (non-hydrogen) atoms. The number of aliphatic imine (C=N–C) groups is 1. The molecular formula is C19H23FN4O2. The third-order valence-electron chi connectivity index (χ3n) is 3.64. The first-order valence-corrected chi connectivity index (χ1v) is 8.19. The molecule has 1 amide bonds. The molecular weight excluding hydrogens is 335 g/mol. The highest BCUT2D eigenvalue weighted by Crippen LogP contribution is 2.10. The van der Waals surface area contributed by atoms with Crippen molar-refractivity contribution in [2.45, 2.75) is 13.1 Å². The number of amides is 1. The van der Waals surface area contributed by atoms with Crippen molar-refractivity contribution in [3.8, 4) is 5.75 Å². The van der Waals surface area contributed by atoms with Gasteiger partial charge in [-0.3, -0.25) is 9.79 Å². The summed E-state index contributed by atoms with van der Waals surface area (Å²) < 4.78 is 18.3. The quantitative estimate of drug-likeness (QED) is 0.521. The summed E-state index contributed by atoms with van der Waals surface area (Å²) in [5.41, 5.74) is 1.77. The minimum absolute atomic E-state index is 0.0823. The number of hydrogen-bond donors (Lipinski definition) is 3. The molecule has 0 aliphatic carbocycles. The van der Waals surface area contributed by atoms with Crippen LogP contribution in [0.4, 0.5) is 4.39 Å². The van der Waals surface area contributed by atoms with Gasteiger partial charge in [0.1, 0.15) is 11.6 Å². The van der Waals surface area contributed by atoms with Gasteiger partial charge in [-0.05, 0) is 35.4 Å². The van der Waals surface area contributed by atoms with Crippen molar-refractivity contribution in [1.29, 1.82) is 0 Å². The molecule has 0 heterocycles. The van der Waals surface area contributed by atoms with E-state index in [-0.39, 0.29) is 18.3 Å². The molecule has 2 aromatic rings. The maximum absolute atomic E-state index is 13.2. The molecule has 0 spiro atoms. The minimum atomic E-state index is -0.287. The lowest BCUT2D eigenvalue weighted by molar-refractivity contribution is -0.120. The van der Waals surface area contributed by atoms with E-state index in [4.69, 9.17) is 4.74 Å². The zero-order chi connectivity index (χ0) is 18.8. The molecule has 0 bridgehead atoms. The Labute approximate surface area is 152 Å². The Morgan fingerprint density at radius 3 is 2.42 bits per heavy atom. The van der Waals surface area contributed by atoms with Crippen molar-refractivity contribution in [2.75, 3.05) is 20.7 Å².